The van der Waals surface area contributed by atoms with Crippen molar-refractivity contribution in [2.75, 3.05) is 0 Å². The molecule has 2 rings (SSSR count). The number of benzene rings is 1. The first kappa shape index (κ1) is 15.8. The SMILES string of the molecule is CC(C)C(CC(=O)O)n1nnnc1-c1ccc(F)cc1I. The van der Waals surface area contributed by atoms with E-state index in [1.807, 2.05) is 36.4 Å². The standard InChI is InChI=1S/C13H14FIN4O2/c1-7(2)11(6-12(20)21)19-13(16-17-18-19)9-4-3-8(14)5-10(9)15/h3-5,7,11H,6H2,1-2H3,(H,20,21). The first-order chi connectivity index (χ1) is 9.90. The van der Waals surface area contributed by atoms with Gasteiger partial charge < -0.3 is 5.11 Å². The van der Waals surface area contributed by atoms with Crippen LogP contribution >= 0.6 is 22.6 Å². The Morgan fingerprint density at radius 3 is 2.76 bits per heavy atom. The summed E-state index contributed by atoms with van der Waals surface area (Å²) in [5.41, 5.74) is 0.679. The molecule has 0 bridgehead atoms. The number of carbonyl (C=O) groups is 1. The number of aliphatic carboxylic acids is 1. The zero-order valence-electron chi connectivity index (χ0n) is 11.5. The minimum Gasteiger partial charge on any atom is -0.481 e. The summed E-state index contributed by atoms with van der Waals surface area (Å²) in [5, 5.41) is 20.6. The highest BCUT2D eigenvalue weighted by molar-refractivity contribution is 14.1. The number of tetrazole rings is 1. The van der Waals surface area contributed by atoms with Crippen LogP contribution in [-0.2, 0) is 4.79 Å². The molecule has 0 aliphatic rings. The number of aromatic nitrogens is 4. The van der Waals surface area contributed by atoms with E-state index in [1.165, 1.54) is 16.8 Å². The second-order valence-corrected chi connectivity index (χ2v) is 6.14. The van der Waals surface area contributed by atoms with Gasteiger partial charge in [0.2, 0.25) is 0 Å². The van der Waals surface area contributed by atoms with Crippen molar-refractivity contribution in [1.82, 2.24) is 20.2 Å². The van der Waals surface area contributed by atoms with Gasteiger partial charge in [-0.1, -0.05) is 13.8 Å². The van der Waals surface area contributed by atoms with Crippen molar-refractivity contribution in [1.29, 1.82) is 0 Å². The van der Waals surface area contributed by atoms with Gasteiger partial charge in [-0.25, -0.2) is 9.07 Å². The monoisotopic (exact) mass is 404 g/mol. The first-order valence-corrected chi connectivity index (χ1v) is 7.43. The normalized spacial score (nSPS) is 12.6. The molecule has 0 aliphatic carbocycles. The van der Waals surface area contributed by atoms with Gasteiger partial charge >= 0.3 is 5.97 Å². The Morgan fingerprint density at radius 2 is 2.19 bits per heavy atom. The fourth-order valence-electron chi connectivity index (χ4n) is 2.05. The van der Waals surface area contributed by atoms with Gasteiger partial charge in [-0.2, -0.15) is 0 Å². The zero-order valence-corrected chi connectivity index (χ0v) is 13.7. The molecule has 0 saturated heterocycles. The van der Waals surface area contributed by atoms with Gasteiger partial charge in [0.25, 0.3) is 0 Å². The smallest absolute Gasteiger partial charge is 0.305 e. The van der Waals surface area contributed by atoms with E-state index in [1.54, 1.807) is 6.07 Å². The molecule has 1 aromatic heterocycles. The van der Waals surface area contributed by atoms with Crippen LogP contribution < -0.4 is 0 Å². The van der Waals surface area contributed by atoms with Crippen molar-refractivity contribution in [3.05, 3.63) is 27.6 Å². The van der Waals surface area contributed by atoms with Gasteiger partial charge in [0.1, 0.15) is 5.82 Å². The molecule has 112 valence electrons. The molecule has 1 heterocycles. The summed E-state index contributed by atoms with van der Waals surface area (Å²) in [6.07, 6.45) is -0.0759. The lowest BCUT2D eigenvalue weighted by molar-refractivity contribution is -0.138. The molecule has 0 radical (unpaired) electrons. The molecule has 1 aromatic carbocycles. The second kappa shape index (κ2) is 6.46. The Hall–Kier alpha value is -1.58. The molecule has 21 heavy (non-hydrogen) atoms. The molecular formula is C13H14FIN4O2. The molecule has 0 fully saturated rings. The van der Waals surface area contributed by atoms with Crippen LogP contribution in [-0.4, -0.2) is 31.3 Å². The van der Waals surface area contributed by atoms with Gasteiger partial charge in [0.05, 0.1) is 12.5 Å². The van der Waals surface area contributed by atoms with Crippen molar-refractivity contribution in [2.45, 2.75) is 26.3 Å². The van der Waals surface area contributed by atoms with Crippen molar-refractivity contribution in [2.24, 2.45) is 5.92 Å². The Balaban J connectivity index is 2.48. The molecule has 0 aliphatic heterocycles. The van der Waals surface area contributed by atoms with Crippen molar-refractivity contribution in [3.8, 4) is 11.4 Å². The van der Waals surface area contributed by atoms with E-state index in [0.29, 0.717) is 15.0 Å². The fraction of sp³-hybridized carbons (Fsp3) is 0.385. The molecule has 2 aromatic rings. The third-order valence-corrected chi connectivity index (χ3v) is 4.02. The van der Waals surface area contributed by atoms with Crippen LogP contribution in [0.25, 0.3) is 11.4 Å². The number of hydrogen-bond donors (Lipinski definition) is 1. The van der Waals surface area contributed by atoms with E-state index in [4.69, 9.17) is 5.11 Å². The lowest BCUT2D eigenvalue weighted by Gasteiger charge is -2.20. The molecule has 8 heteroatoms. The summed E-state index contributed by atoms with van der Waals surface area (Å²) < 4.78 is 15.4. The highest BCUT2D eigenvalue weighted by Gasteiger charge is 2.25. The van der Waals surface area contributed by atoms with Gasteiger partial charge in [-0.15, -0.1) is 5.10 Å². The maximum Gasteiger partial charge on any atom is 0.305 e. The Labute approximate surface area is 134 Å². The topological polar surface area (TPSA) is 80.9 Å². The summed E-state index contributed by atoms with van der Waals surface area (Å²) in [5.74, 6) is -0.766. The average molecular weight is 404 g/mol. The Bertz CT molecular complexity index is 659. The van der Waals surface area contributed by atoms with E-state index in [2.05, 4.69) is 15.5 Å². The molecule has 0 spiro atoms. The van der Waals surface area contributed by atoms with Gasteiger partial charge in [0.15, 0.2) is 5.82 Å². The van der Waals surface area contributed by atoms with Crippen molar-refractivity contribution < 1.29 is 14.3 Å². The number of carboxylic acids is 1. The molecule has 1 unspecified atom stereocenters. The van der Waals surface area contributed by atoms with Crippen LogP contribution in [0.3, 0.4) is 0 Å². The van der Waals surface area contributed by atoms with E-state index in [-0.39, 0.29) is 24.2 Å². The summed E-state index contributed by atoms with van der Waals surface area (Å²) in [7, 11) is 0. The third kappa shape index (κ3) is 3.55. The second-order valence-electron chi connectivity index (χ2n) is 4.98. The van der Waals surface area contributed by atoms with E-state index >= 15 is 0 Å². The van der Waals surface area contributed by atoms with Gasteiger partial charge in [0, 0.05) is 9.13 Å². The number of hydrogen-bond acceptors (Lipinski definition) is 4. The predicted molar refractivity (Wildman–Crippen MR) is 82.1 cm³/mol. The molecule has 0 saturated carbocycles. The number of carboxylic acid groups (broad SMARTS) is 1. The lowest BCUT2D eigenvalue weighted by Crippen LogP contribution is -2.21. The summed E-state index contributed by atoms with van der Waals surface area (Å²) >= 11 is 2.00. The van der Waals surface area contributed by atoms with E-state index in [0.717, 1.165) is 0 Å². The van der Waals surface area contributed by atoms with Crippen LogP contribution in [0.2, 0.25) is 0 Å². The largest absolute Gasteiger partial charge is 0.481 e. The average Bonchev–Trinajstić information content (AvgIpc) is 2.84. The Morgan fingerprint density at radius 1 is 1.48 bits per heavy atom. The minimum absolute atomic E-state index is 0.0430. The molecule has 6 nitrogen and oxygen atoms in total. The maximum atomic E-state index is 13.2. The molecule has 1 atom stereocenters. The van der Waals surface area contributed by atoms with Crippen LogP contribution in [0.4, 0.5) is 4.39 Å². The maximum absolute atomic E-state index is 13.2. The van der Waals surface area contributed by atoms with E-state index in [9.17, 15) is 9.18 Å². The number of nitrogens with zero attached hydrogens (tertiary/aromatic N) is 4. The van der Waals surface area contributed by atoms with Gasteiger partial charge in [-0.3, -0.25) is 4.79 Å². The number of rotatable bonds is 5. The van der Waals surface area contributed by atoms with Crippen molar-refractivity contribution >= 4 is 28.6 Å². The highest BCUT2D eigenvalue weighted by atomic mass is 127. The molecular weight excluding hydrogens is 390 g/mol. The summed E-state index contributed by atoms with van der Waals surface area (Å²) in [6, 6.07) is 3.94. The summed E-state index contributed by atoms with van der Waals surface area (Å²) in [4.78, 5) is 11.0. The van der Waals surface area contributed by atoms with Crippen molar-refractivity contribution in [3.63, 3.8) is 0 Å². The first-order valence-electron chi connectivity index (χ1n) is 6.35. The molecule has 1 N–H and O–H groups in total. The zero-order chi connectivity index (χ0) is 15.6. The summed E-state index contributed by atoms with van der Waals surface area (Å²) in [6.45, 7) is 3.82. The molecule has 0 amide bonds. The number of halogens is 2. The quantitative estimate of drug-likeness (QED) is 0.776. The van der Waals surface area contributed by atoms with Crippen LogP contribution in [0, 0.1) is 15.3 Å². The predicted octanol–water partition coefficient (Wildman–Crippen LogP) is 2.76. The van der Waals surface area contributed by atoms with Crippen LogP contribution in [0.1, 0.15) is 26.3 Å². The highest BCUT2D eigenvalue weighted by Crippen LogP contribution is 2.29. The third-order valence-electron chi connectivity index (χ3n) is 3.13. The fourth-order valence-corrected chi connectivity index (χ4v) is 2.77. The minimum atomic E-state index is -0.913. The lowest BCUT2D eigenvalue weighted by atomic mass is 10.0. The van der Waals surface area contributed by atoms with E-state index < -0.39 is 5.97 Å². The van der Waals surface area contributed by atoms with Crippen LogP contribution in [0.5, 0.6) is 0 Å². The van der Waals surface area contributed by atoms with Crippen LogP contribution in [0.15, 0.2) is 18.2 Å². The van der Waals surface area contributed by atoms with Gasteiger partial charge in [-0.05, 0) is 57.1 Å². The Kier molecular flexibility index (Phi) is 4.86.